The molecule has 0 saturated carbocycles. The summed E-state index contributed by atoms with van der Waals surface area (Å²) in [6.45, 7) is 3.72. The van der Waals surface area contributed by atoms with E-state index in [2.05, 4.69) is 15.9 Å². The summed E-state index contributed by atoms with van der Waals surface area (Å²) in [7, 11) is 0. The van der Waals surface area contributed by atoms with Gasteiger partial charge in [-0.2, -0.15) is 0 Å². The van der Waals surface area contributed by atoms with Crippen molar-refractivity contribution in [3.8, 4) is 5.75 Å². The molecule has 0 bridgehead atoms. The maximum atomic E-state index is 9.41. The van der Waals surface area contributed by atoms with Gasteiger partial charge in [-0.1, -0.05) is 22.0 Å². The smallest absolute Gasteiger partial charge is 0.120 e. The van der Waals surface area contributed by atoms with E-state index in [-0.39, 0.29) is 0 Å². The second kappa shape index (κ2) is 4.11. The summed E-state index contributed by atoms with van der Waals surface area (Å²) >= 11 is 3.34. The van der Waals surface area contributed by atoms with E-state index in [0.717, 1.165) is 10.2 Å². The average Bonchev–Trinajstić information content (AvgIpc) is 2.00. The minimum atomic E-state index is -0.789. The van der Waals surface area contributed by atoms with Crippen molar-refractivity contribution < 1.29 is 9.84 Å². The molecule has 0 unspecified atom stereocenters. The van der Waals surface area contributed by atoms with Crippen LogP contribution in [0, 0.1) is 0 Å². The van der Waals surface area contributed by atoms with Crippen LogP contribution in [0.1, 0.15) is 13.8 Å². The standard InChI is InChI=1S/C10H13BrO2/c1-10(2,12)7-13-9-5-3-4-8(11)6-9/h3-6,12H,7H2,1-2H3. The quantitative estimate of drug-likeness (QED) is 0.886. The third kappa shape index (κ3) is 4.29. The van der Waals surface area contributed by atoms with Crippen LogP contribution in [0.5, 0.6) is 5.75 Å². The molecule has 2 nitrogen and oxygen atoms in total. The summed E-state index contributed by atoms with van der Waals surface area (Å²) in [5.41, 5.74) is -0.789. The van der Waals surface area contributed by atoms with E-state index in [9.17, 15) is 5.11 Å². The van der Waals surface area contributed by atoms with Crippen LogP contribution < -0.4 is 4.74 Å². The first-order valence-electron chi connectivity index (χ1n) is 4.08. The molecule has 3 heteroatoms. The second-order valence-electron chi connectivity index (χ2n) is 3.56. The van der Waals surface area contributed by atoms with Gasteiger partial charge in [0.2, 0.25) is 0 Å². The van der Waals surface area contributed by atoms with Crippen molar-refractivity contribution in [2.75, 3.05) is 6.61 Å². The first-order valence-corrected chi connectivity index (χ1v) is 4.87. The van der Waals surface area contributed by atoms with Crippen LogP contribution >= 0.6 is 15.9 Å². The fourth-order valence-corrected chi connectivity index (χ4v) is 1.19. The summed E-state index contributed by atoms with van der Waals surface area (Å²) in [5.74, 6) is 0.761. The van der Waals surface area contributed by atoms with Crippen molar-refractivity contribution in [1.82, 2.24) is 0 Å². The van der Waals surface area contributed by atoms with Crippen LogP contribution in [0.4, 0.5) is 0 Å². The van der Waals surface area contributed by atoms with Crippen LogP contribution in [0.3, 0.4) is 0 Å². The number of hydrogen-bond donors (Lipinski definition) is 1. The molecule has 0 aliphatic carbocycles. The third-order valence-corrected chi connectivity index (χ3v) is 1.88. The number of benzene rings is 1. The molecule has 1 aromatic rings. The van der Waals surface area contributed by atoms with Gasteiger partial charge in [-0.15, -0.1) is 0 Å². The van der Waals surface area contributed by atoms with Crippen LogP contribution in [0.2, 0.25) is 0 Å². The Bertz CT molecular complexity index is 278. The fraction of sp³-hybridized carbons (Fsp3) is 0.400. The van der Waals surface area contributed by atoms with Gasteiger partial charge in [0.1, 0.15) is 12.4 Å². The molecule has 0 aliphatic heterocycles. The van der Waals surface area contributed by atoms with E-state index >= 15 is 0 Å². The SMILES string of the molecule is CC(C)(O)COc1cccc(Br)c1. The van der Waals surface area contributed by atoms with E-state index in [0.29, 0.717) is 6.61 Å². The van der Waals surface area contributed by atoms with Gasteiger partial charge in [0.25, 0.3) is 0 Å². The maximum absolute atomic E-state index is 9.41. The monoisotopic (exact) mass is 244 g/mol. The van der Waals surface area contributed by atoms with E-state index < -0.39 is 5.60 Å². The highest BCUT2D eigenvalue weighted by molar-refractivity contribution is 9.10. The third-order valence-electron chi connectivity index (χ3n) is 1.39. The maximum Gasteiger partial charge on any atom is 0.120 e. The van der Waals surface area contributed by atoms with Crippen molar-refractivity contribution >= 4 is 15.9 Å². The molecule has 0 aromatic heterocycles. The lowest BCUT2D eigenvalue weighted by molar-refractivity contribution is 0.0284. The number of ether oxygens (including phenoxy) is 1. The Hall–Kier alpha value is -0.540. The molecule has 0 heterocycles. The molecule has 1 N–H and O–H groups in total. The van der Waals surface area contributed by atoms with Crippen molar-refractivity contribution in [3.05, 3.63) is 28.7 Å². The summed E-state index contributed by atoms with van der Waals surface area (Å²) in [6, 6.07) is 7.54. The zero-order valence-corrected chi connectivity index (χ0v) is 9.34. The van der Waals surface area contributed by atoms with E-state index in [1.54, 1.807) is 13.8 Å². The molecule has 0 radical (unpaired) electrons. The summed E-state index contributed by atoms with van der Waals surface area (Å²) < 4.78 is 6.34. The van der Waals surface area contributed by atoms with Gasteiger partial charge < -0.3 is 9.84 Å². The number of halogens is 1. The Morgan fingerprint density at radius 3 is 2.69 bits per heavy atom. The Balaban J connectivity index is 2.55. The molecule has 0 amide bonds. The Kier molecular flexibility index (Phi) is 3.33. The molecule has 0 saturated heterocycles. The first kappa shape index (κ1) is 10.5. The number of rotatable bonds is 3. The molecule has 0 fully saturated rings. The van der Waals surface area contributed by atoms with Crippen LogP contribution in [0.15, 0.2) is 28.7 Å². The Morgan fingerprint density at radius 1 is 1.46 bits per heavy atom. The second-order valence-corrected chi connectivity index (χ2v) is 4.47. The molecule has 1 aromatic carbocycles. The van der Waals surface area contributed by atoms with Crippen molar-refractivity contribution in [1.29, 1.82) is 0 Å². The lowest BCUT2D eigenvalue weighted by Gasteiger charge is -2.17. The van der Waals surface area contributed by atoms with Crippen LogP contribution in [-0.4, -0.2) is 17.3 Å². The molecular weight excluding hydrogens is 232 g/mol. The normalized spacial score (nSPS) is 11.4. The zero-order valence-electron chi connectivity index (χ0n) is 7.75. The molecule has 13 heavy (non-hydrogen) atoms. The predicted octanol–water partition coefficient (Wildman–Crippen LogP) is 2.60. The molecule has 0 spiro atoms. The highest BCUT2D eigenvalue weighted by Crippen LogP contribution is 2.18. The minimum Gasteiger partial charge on any atom is -0.491 e. The number of aliphatic hydroxyl groups is 1. The van der Waals surface area contributed by atoms with Crippen LogP contribution in [0.25, 0.3) is 0 Å². The lowest BCUT2D eigenvalue weighted by Crippen LogP contribution is -2.27. The topological polar surface area (TPSA) is 29.5 Å². The average molecular weight is 245 g/mol. The van der Waals surface area contributed by atoms with Gasteiger partial charge in [0.15, 0.2) is 0 Å². The molecule has 1 rings (SSSR count). The van der Waals surface area contributed by atoms with E-state index in [1.807, 2.05) is 24.3 Å². The van der Waals surface area contributed by atoms with Gasteiger partial charge in [-0.25, -0.2) is 0 Å². The summed E-state index contributed by atoms with van der Waals surface area (Å²) in [5, 5.41) is 9.41. The van der Waals surface area contributed by atoms with Gasteiger partial charge >= 0.3 is 0 Å². The first-order chi connectivity index (χ1) is 5.97. The van der Waals surface area contributed by atoms with Crippen molar-refractivity contribution in [2.45, 2.75) is 19.4 Å². The highest BCUT2D eigenvalue weighted by atomic mass is 79.9. The van der Waals surface area contributed by atoms with Gasteiger partial charge in [0.05, 0.1) is 5.60 Å². The van der Waals surface area contributed by atoms with Crippen molar-refractivity contribution in [2.24, 2.45) is 0 Å². The molecule has 0 aliphatic rings. The highest BCUT2D eigenvalue weighted by Gasteiger charge is 2.12. The molecular formula is C10H13BrO2. The summed E-state index contributed by atoms with van der Waals surface area (Å²) in [4.78, 5) is 0. The minimum absolute atomic E-state index is 0.295. The Labute approximate surface area is 86.7 Å². The van der Waals surface area contributed by atoms with Crippen molar-refractivity contribution in [3.63, 3.8) is 0 Å². The predicted molar refractivity (Wildman–Crippen MR) is 55.9 cm³/mol. The van der Waals surface area contributed by atoms with Gasteiger partial charge in [-0.05, 0) is 32.0 Å². The van der Waals surface area contributed by atoms with Crippen LogP contribution in [-0.2, 0) is 0 Å². The van der Waals surface area contributed by atoms with Gasteiger partial charge in [0, 0.05) is 4.47 Å². The van der Waals surface area contributed by atoms with E-state index in [1.165, 1.54) is 0 Å². The van der Waals surface area contributed by atoms with Gasteiger partial charge in [-0.3, -0.25) is 0 Å². The number of hydrogen-bond acceptors (Lipinski definition) is 2. The van der Waals surface area contributed by atoms with E-state index in [4.69, 9.17) is 4.74 Å². The summed E-state index contributed by atoms with van der Waals surface area (Å²) in [6.07, 6.45) is 0. The largest absolute Gasteiger partial charge is 0.491 e. The molecule has 0 atom stereocenters. The lowest BCUT2D eigenvalue weighted by atomic mass is 10.2. The molecule has 72 valence electrons. The fourth-order valence-electron chi connectivity index (χ4n) is 0.817. The Morgan fingerprint density at radius 2 is 2.15 bits per heavy atom. The zero-order chi connectivity index (χ0) is 9.90.